The van der Waals surface area contributed by atoms with E-state index in [4.69, 9.17) is 20.9 Å². The van der Waals surface area contributed by atoms with Gasteiger partial charge in [-0.15, -0.1) is 0 Å². The Labute approximate surface area is 154 Å². The van der Waals surface area contributed by atoms with Crippen molar-refractivity contribution in [3.63, 3.8) is 0 Å². The molecule has 4 rings (SSSR count). The van der Waals surface area contributed by atoms with Gasteiger partial charge >= 0.3 is 5.97 Å². The second kappa shape index (κ2) is 6.41. The number of aliphatic carboxylic acids is 1. The van der Waals surface area contributed by atoms with E-state index in [2.05, 4.69) is 5.16 Å². The van der Waals surface area contributed by atoms with Gasteiger partial charge in [0, 0.05) is 42.3 Å². The summed E-state index contributed by atoms with van der Waals surface area (Å²) in [5.74, 6) is -1.37. The minimum atomic E-state index is -0.941. The number of carboxylic acids is 1. The van der Waals surface area contributed by atoms with E-state index in [1.54, 1.807) is 24.3 Å². The second-order valence-electron chi connectivity index (χ2n) is 6.76. The number of ether oxygens (including phenoxy) is 1. The lowest BCUT2D eigenvalue weighted by atomic mass is 9.74. The molecule has 2 atom stereocenters. The average Bonchev–Trinajstić information content (AvgIpc) is 3.27. The average molecular weight is 377 g/mol. The van der Waals surface area contributed by atoms with Crippen molar-refractivity contribution in [1.29, 1.82) is 0 Å². The first kappa shape index (κ1) is 17.1. The van der Waals surface area contributed by atoms with Gasteiger partial charge in [0.2, 0.25) is 5.76 Å². The van der Waals surface area contributed by atoms with Crippen LogP contribution in [0.25, 0.3) is 11.3 Å². The van der Waals surface area contributed by atoms with Crippen molar-refractivity contribution in [3.05, 3.63) is 41.1 Å². The molecule has 1 aromatic heterocycles. The molecule has 0 radical (unpaired) electrons. The first-order chi connectivity index (χ1) is 12.5. The number of aromatic nitrogens is 1. The number of amides is 1. The second-order valence-corrected chi connectivity index (χ2v) is 7.19. The maximum Gasteiger partial charge on any atom is 0.311 e. The van der Waals surface area contributed by atoms with E-state index in [0.29, 0.717) is 36.9 Å². The Hall–Kier alpha value is -2.38. The van der Waals surface area contributed by atoms with Crippen molar-refractivity contribution in [2.75, 3.05) is 26.3 Å². The number of rotatable bonds is 3. The standard InChI is InChI=1S/C18H17ClN2O5/c19-13-3-1-2-11(6-13)14-7-15(26-20-14)16(22)21-8-12-9-25-5-4-18(12,10-21)17(23)24/h1-3,6-7,12H,4-5,8-10H2,(H,23,24)/t12-,18+/m0/s1. The van der Waals surface area contributed by atoms with Gasteiger partial charge in [-0.3, -0.25) is 9.59 Å². The highest BCUT2D eigenvalue weighted by Crippen LogP contribution is 2.43. The molecular formula is C18H17ClN2O5. The van der Waals surface area contributed by atoms with Crippen molar-refractivity contribution >= 4 is 23.5 Å². The minimum absolute atomic E-state index is 0.0834. The van der Waals surface area contributed by atoms with Crippen LogP contribution < -0.4 is 0 Å². The van der Waals surface area contributed by atoms with E-state index in [1.165, 1.54) is 4.90 Å². The molecule has 0 unspecified atom stereocenters. The van der Waals surface area contributed by atoms with Gasteiger partial charge in [-0.1, -0.05) is 28.9 Å². The van der Waals surface area contributed by atoms with Crippen molar-refractivity contribution in [3.8, 4) is 11.3 Å². The molecule has 0 bridgehead atoms. The Kier molecular flexibility index (Phi) is 4.20. The normalized spacial score (nSPS) is 25.1. The topological polar surface area (TPSA) is 92.9 Å². The van der Waals surface area contributed by atoms with Crippen LogP contribution in [0.15, 0.2) is 34.9 Å². The molecular weight excluding hydrogens is 360 g/mol. The molecule has 3 heterocycles. The number of nitrogens with zero attached hydrogens (tertiary/aromatic N) is 2. The summed E-state index contributed by atoms with van der Waals surface area (Å²) in [6.07, 6.45) is 0.404. The first-order valence-corrected chi connectivity index (χ1v) is 8.70. The minimum Gasteiger partial charge on any atom is -0.481 e. The van der Waals surface area contributed by atoms with Crippen LogP contribution in [-0.2, 0) is 9.53 Å². The van der Waals surface area contributed by atoms with Crippen molar-refractivity contribution in [2.24, 2.45) is 11.3 Å². The maximum atomic E-state index is 12.8. The lowest BCUT2D eigenvalue weighted by Crippen LogP contribution is -2.45. The van der Waals surface area contributed by atoms with Crippen LogP contribution in [0.3, 0.4) is 0 Å². The smallest absolute Gasteiger partial charge is 0.311 e. The summed E-state index contributed by atoms with van der Waals surface area (Å²) < 4.78 is 10.6. The molecule has 136 valence electrons. The molecule has 2 aliphatic heterocycles. The highest BCUT2D eigenvalue weighted by Gasteiger charge is 2.55. The molecule has 1 amide bonds. The Morgan fingerprint density at radius 1 is 1.35 bits per heavy atom. The van der Waals surface area contributed by atoms with Crippen LogP contribution in [-0.4, -0.2) is 53.3 Å². The fraction of sp³-hybridized carbons (Fsp3) is 0.389. The van der Waals surface area contributed by atoms with E-state index in [0.717, 1.165) is 5.56 Å². The Morgan fingerprint density at radius 2 is 2.19 bits per heavy atom. The Balaban J connectivity index is 1.56. The summed E-state index contributed by atoms with van der Waals surface area (Å²) in [6, 6.07) is 8.64. The van der Waals surface area contributed by atoms with Gasteiger partial charge in [0.15, 0.2) is 0 Å². The molecule has 1 aromatic carbocycles. The van der Waals surface area contributed by atoms with Crippen LogP contribution in [0.5, 0.6) is 0 Å². The number of likely N-dealkylation sites (tertiary alicyclic amines) is 1. The number of hydrogen-bond donors (Lipinski definition) is 1. The van der Waals surface area contributed by atoms with Gasteiger partial charge in [-0.05, 0) is 18.6 Å². The van der Waals surface area contributed by atoms with E-state index >= 15 is 0 Å². The summed E-state index contributed by atoms with van der Waals surface area (Å²) in [5.41, 5.74) is 0.304. The summed E-state index contributed by atoms with van der Waals surface area (Å²) in [5, 5.41) is 14.2. The van der Waals surface area contributed by atoms with Crippen LogP contribution in [0.4, 0.5) is 0 Å². The lowest BCUT2D eigenvalue weighted by Gasteiger charge is -2.33. The molecule has 0 saturated carbocycles. The van der Waals surface area contributed by atoms with Crippen LogP contribution in [0.1, 0.15) is 17.0 Å². The quantitative estimate of drug-likeness (QED) is 0.884. The zero-order valence-corrected chi connectivity index (χ0v) is 14.6. The van der Waals surface area contributed by atoms with E-state index in [1.807, 2.05) is 6.07 Å². The zero-order chi connectivity index (χ0) is 18.3. The SMILES string of the molecule is O=C(c1cc(-c2cccc(Cl)c2)no1)N1C[C@H]2COCC[C@@]2(C(=O)O)C1. The maximum absolute atomic E-state index is 12.8. The highest BCUT2D eigenvalue weighted by molar-refractivity contribution is 6.30. The zero-order valence-electron chi connectivity index (χ0n) is 13.9. The lowest BCUT2D eigenvalue weighted by molar-refractivity contribution is -0.157. The largest absolute Gasteiger partial charge is 0.481 e. The summed E-state index contributed by atoms with van der Waals surface area (Å²) in [7, 11) is 0. The number of fused-ring (bicyclic) bond motifs is 1. The Morgan fingerprint density at radius 3 is 2.92 bits per heavy atom. The van der Waals surface area contributed by atoms with Gasteiger partial charge in [0.1, 0.15) is 5.69 Å². The first-order valence-electron chi connectivity index (χ1n) is 8.33. The molecule has 2 saturated heterocycles. The van der Waals surface area contributed by atoms with Gasteiger partial charge in [-0.25, -0.2) is 0 Å². The highest BCUT2D eigenvalue weighted by atomic mass is 35.5. The Bertz CT molecular complexity index is 867. The molecule has 26 heavy (non-hydrogen) atoms. The van der Waals surface area contributed by atoms with E-state index in [-0.39, 0.29) is 24.1 Å². The van der Waals surface area contributed by atoms with Crippen LogP contribution in [0, 0.1) is 11.3 Å². The third-order valence-corrected chi connectivity index (χ3v) is 5.50. The molecule has 8 heteroatoms. The summed E-state index contributed by atoms with van der Waals surface area (Å²) in [4.78, 5) is 26.2. The summed E-state index contributed by atoms with van der Waals surface area (Å²) >= 11 is 5.98. The molecule has 7 nitrogen and oxygen atoms in total. The van der Waals surface area contributed by atoms with Gasteiger partial charge in [0.05, 0.1) is 12.0 Å². The van der Waals surface area contributed by atoms with Crippen molar-refractivity contribution < 1.29 is 24.0 Å². The molecule has 2 aliphatic rings. The number of benzene rings is 1. The van der Waals surface area contributed by atoms with Gasteiger partial charge in [-0.2, -0.15) is 0 Å². The molecule has 0 spiro atoms. The van der Waals surface area contributed by atoms with Crippen LogP contribution in [0.2, 0.25) is 5.02 Å². The molecule has 1 N–H and O–H groups in total. The molecule has 0 aliphatic carbocycles. The summed E-state index contributed by atoms with van der Waals surface area (Å²) in [6.45, 7) is 1.23. The van der Waals surface area contributed by atoms with Gasteiger partial charge < -0.3 is 19.3 Å². The third kappa shape index (κ3) is 2.77. The molecule has 2 fully saturated rings. The number of carbonyl (C=O) groups excluding carboxylic acids is 1. The van der Waals surface area contributed by atoms with Crippen molar-refractivity contribution in [1.82, 2.24) is 10.1 Å². The number of halogens is 1. The third-order valence-electron chi connectivity index (χ3n) is 5.26. The fourth-order valence-corrected chi connectivity index (χ4v) is 3.96. The van der Waals surface area contributed by atoms with E-state index in [9.17, 15) is 14.7 Å². The molecule has 2 aromatic rings. The fourth-order valence-electron chi connectivity index (χ4n) is 3.77. The predicted molar refractivity (Wildman–Crippen MR) is 91.8 cm³/mol. The monoisotopic (exact) mass is 376 g/mol. The van der Waals surface area contributed by atoms with E-state index < -0.39 is 11.4 Å². The number of carboxylic acid groups (broad SMARTS) is 1. The predicted octanol–water partition coefficient (Wildman–Crippen LogP) is 2.56. The van der Waals surface area contributed by atoms with Crippen molar-refractivity contribution in [2.45, 2.75) is 6.42 Å². The van der Waals surface area contributed by atoms with Gasteiger partial charge in [0.25, 0.3) is 5.91 Å². The number of carbonyl (C=O) groups is 2. The van der Waals surface area contributed by atoms with Crippen LogP contribution >= 0.6 is 11.6 Å². The number of hydrogen-bond acceptors (Lipinski definition) is 5.